The predicted molar refractivity (Wildman–Crippen MR) is 97.0 cm³/mol. The molecule has 21 heavy (non-hydrogen) atoms. The van der Waals surface area contributed by atoms with E-state index in [1.54, 1.807) is 11.7 Å². The Bertz CT molecular complexity index is 550. The van der Waals surface area contributed by atoms with E-state index in [2.05, 4.69) is 45.0 Å². The maximum absolute atomic E-state index is 4.21. The normalized spacial score (nSPS) is 10.9. The molecule has 0 radical (unpaired) electrons. The highest BCUT2D eigenvalue weighted by Gasteiger charge is 2.00. The molecule has 0 saturated heterocycles. The molecule has 5 nitrogen and oxygen atoms in total. The predicted octanol–water partition coefficient (Wildman–Crippen LogP) is 1.95. The van der Waals surface area contributed by atoms with Crippen molar-refractivity contribution in [1.82, 2.24) is 20.4 Å². The Kier molecular flexibility index (Phi) is 7.81. The Morgan fingerprint density at radius 3 is 2.57 bits per heavy atom. The van der Waals surface area contributed by atoms with Crippen LogP contribution in [0, 0.1) is 0 Å². The molecule has 0 aliphatic carbocycles. The van der Waals surface area contributed by atoms with Crippen LogP contribution in [-0.2, 0) is 20.0 Å². The van der Waals surface area contributed by atoms with Gasteiger partial charge in [-0.3, -0.25) is 9.67 Å². The van der Waals surface area contributed by atoms with E-state index in [-0.39, 0.29) is 24.0 Å². The van der Waals surface area contributed by atoms with E-state index in [4.69, 9.17) is 0 Å². The van der Waals surface area contributed by atoms with Gasteiger partial charge in [0.25, 0.3) is 0 Å². The summed E-state index contributed by atoms with van der Waals surface area (Å²) in [5.41, 5.74) is 2.46. The van der Waals surface area contributed by atoms with E-state index >= 15 is 0 Å². The summed E-state index contributed by atoms with van der Waals surface area (Å²) in [5, 5.41) is 10.7. The summed E-state index contributed by atoms with van der Waals surface area (Å²) in [7, 11) is 3.69. The number of halogens is 1. The highest BCUT2D eigenvalue weighted by Crippen LogP contribution is 1.98. The first-order valence-electron chi connectivity index (χ1n) is 6.74. The summed E-state index contributed by atoms with van der Waals surface area (Å²) >= 11 is 0. The first kappa shape index (κ1) is 17.5. The standard InChI is InChI=1S/C15H21N5.HI/c1-16-15(18-10-14-11-19-20(2)12-14)17-9-8-13-6-4-3-5-7-13;/h3-7,11-12H,8-10H2,1-2H3,(H2,16,17,18);1H. The lowest BCUT2D eigenvalue weighted by Crippen LogP contribution is -2.37. The third-order valence-corrected chi connectivity index (χ3v) is 2.99. The molecule has 1 heterocycles. The summed E-state index contributed by atoms with van der Waals surface area (Å²) < 4.78 is 1.79. The lowest BCUT2D eigenvalue weighted by atomic mass is 10.1. The zero-order valence-electron chi connectivity index (χ0n) is 12.4. The zero-order valence-corrected chi connectivity index (χ0v) is 14.7. The van der Waals surface area contributed by atoms with Gasteiger partial charge in [0, 0.05) is 38.9 Å². The van der Waals surface area contributed by atoms with Crippen molar-refractivity contribution >= 4 is 29.9 Å². The fraction of sp³-hybridized carbons (Fsp3) is 0.333. The molecule has 0 aliphatic heterocycles. The zero-order chi connectivity index (χ0) is 14.2. The van der Waals surface area contributed by atoms with E-state index in [0.717, 1.165) is 31.0 Å². The summed E-state index contributed by atoms with van der Waals surface area (Å²) in [5.74, 6) is 0.810. The first-order chi connectivity index (χ1) is 9.78. The Hall–Kier alpha value is -1.57. The quantitative estimate of drug-likeness (QED) is 0.459. The maximum atomic E-state index is 4.21. The Morgan fingerprint density at radius 2 is 1.95 bits per heavy atom. The number of benzene rings is 1. The molecule has 1 aromatic heterocycles. The molecule has 0 saturated carbocycles. The van der Waals surface area contributed by atoms with Gasteiger partial charge >= 0.3 is 0 Å². The lowest BCUT2D eigenvalue weighted by Gasteiger charge is -2.11. The molecule has 0 aliphatic rings. The minimum Gasteiger partial charge on any atom is -0.356 e. The molecule has 114 valence electrons. The molecule has 0 spiro atoms. The average Bonchev–Trinajstić information content (AvgIpc) is 2.89. The van der Waals surface area contributed by atoms with Crippen LogP contribution in [-0.4, -0.2) is 29.3 Å². The fourth-order valence-corrected chi connectivity index (χ4v) is 1.94. The largest absolute Gasteiger partial charge is 0.356 e. The number of nitrogens with zero attached hydrogens (tertiary/aromatic N) is 3. The number of aliphatic imine (C=N–C) groups is 1. The summed E-state index contributed by atoms with van der Waals surface area (Å²) in [4.78, 5) is 4.21. The molecule has 0 bridgehead atoms. The number of hydrogen-bond donors (Lipinski definition) is 2. The van der Waals surface area contributed by atoms with Gasteiger partial charge in [-0.25, -0.2) is 0 Å². The second-order valence-corrected chi connectivity index (χ2v) is 4.61. The van der Waals surface area contributed by atoms with Crippen LogP contribution in [0.5, 0.6) is 0 Å². The van der Waals surface area contributed by atoms with Gasteiger partial charge in [-0.1, -0.05) is 30.3 Å². The van der Waals surface area contributed by atoms with Gasteiger partial charge in [0.1, 0.15) is 0 Å². The minimum atomic E-state index is 0. The minimum absolute atomic E-state index is 0. The molecular formula is C15H22IN5. The van der Waals surface area contributed by atoms with Crippen molar-refractivity contribution in [3.05, 3.63) is 53.9 Å². The van der Waals surface area contributed by atoms with E-state index in [9.17, 15) is 0 Å². The lowest BCUT2D eigenvalue weighted by molar-refractivity contribution is 0.764. The van der Waals surface area contributed by atoms with Crippen molar-refractivity contribution in [3.63, 3.8) is 0 Å². The number of aromatic nitrogens is 2. The highest BCUT2D eigenvalue weighted by molar-refractivity contribution is 14.0. The van der Waals surface area contributed by atoms with Crippen LogP contribution in [0.1, 0.15) is 11.1 Å². The Labute approximate surface area is 142 Å². The number of nitrogens with one attached hydrogen (secondary N) is 2. The molecule has 2 aromatic rings. The molecule has 2 N–H and O–H groups in total. The molecule has 0 fully saturated rings. The number of rotatable bonds is 5. The fourth-order valence-electron chi connectivity index (χ4n) is 1.94. The molecule has 0 unspecified atom stereocenters. The van der Waals surface area contributed by atoms with Crippen LogP contribution in [0.25, 0.3) is 0 Å². The number of guanidine groups is 1. The molecule has 2 rings (SSSR count). The number of aryl methyl sites for hydroxylation is 1. The van der Waals surface area contributed by atoms with Gasteiger partial charge in [0.2, 0.25) is 0 Å². The molecule has 6 heteroatoms. The van der Waals surface area contributed by atoms with Gasteiger partial charge in [-0.2, -0.15) is 5.10 Å². The van der Waals surface area contributed by atoms with Crippen molar-refractivity contribution in [2.45, 2.75) is 13.0 Å². The second-order valence-electron chi connectivity index (χ2n) is 4.61. The topological polar surface area (TPSA) is 54.2 Å². The third-order valence-electron chi connectivity index (χ3n) is 2.99. The van der Waals surface area contributed by atoms with Crippen LogP contribution in [0.4, 0.5) is 0 Å². The van der Waals surface area contributed by atoms with Gasteiger partial charge in [-0.15, -0.1) is 24.0 Å². The van der Waals surface area contributed by atoms with Crippen molar-refractivity contribution < 1.29 is 0 Å². The smallest absolute Gasteiger partial charge is 0.191 e. The maximum Gasteiger partial charge on any atom is 0.191 e. The SMILES string of the molecule is CN=C(NCCc1ccccc1)NCc1cnn(C)c1.I. The van der Waals surface area contributed by atoms with Crippen molar-refractivity contribution in [3.8, 4) is 0 Å². The number of hydrogen-bond acceptors (Lipinski definition) is 2. The molecular weight excluding hydrogens is 377 g/mol. The summed E-state index contributed by atoms with van der Waals surface area (Å²) in [6.45, 7) is 1.58. The summed E-state index contributed by atoms with van der Waals surface area (Å²) in [6.07, 6.45) is 4.82. The van der Waals surface area contributed by atoms with E-state index in [1.807, 2.05) is 25.5 Å². The third kappa shape index (κ3) is 6.16. The highest BCUT2D eigenvalue weighted by atomic mass is 127. The van der Waals surface area contributed by atoms with Gasteiger partial charge in [0.15, 0.2) is 5.96 Å². The van der Waals surface area contributed by atoms with Crippen LogP contribution < -0.4 is 10.6 Å². The Balaban J connectivity index is 0.00000220. The van der Waals surface area contributed by atoms with Crippen molar-refractivity contribution in [1.29, 1.82) is 0 Å². The van der Waals surface area contributed by atoms with Crippen LogP contribution in [0.2, 0.25) is 0 Å². The molecule has 1 aromatic carbocycles. The van der Waals surface area contributed by atoms with E-state index in [0.29, 0.717) is 0 Å². The first-order valence-corrected chi connectivity index (χ1v) is 6.74. The van der Waals surface area contributed by atoms with Gasteiger partial charge in [0.05, 0.1) is 6.20 Å². The van der Waals surface area contributed by atoms with Gasteiger partial charge in [-0.05, 0) is 12.0 Å². The van der Waals surface area contributed by atoms with Gasteiger partial charge < -0.3 is 10.6 Å². The summed E-state index contributed by atoms with van der Waals surface area (Å²) in [6, 6.07) is 10.4. The van der Waals surface area contributed by atoms with Crippen molar-refractivity contribution in [2.75, 3.05) is 13.6 Å². The van der Waals surface area contributed by atoms with Crippen LogP contribution >= 0.6 is 24.0 Å². The molecule has 0 atom stereocenters. The average molecular weight is 399 g/mol. The van der Waals surface area contributed by atoms with Crippen LogP contribution in [0.15, 0.2) is 47.7 Å². The van der Waals surface area contributed by atoms with E-state index in [1.165, 1.54) is 5.56 Å². The monoisotopic (exact) mass is 399 g/mol. The van der Waals surface area contributed by atoms with E-state index < -0.39 is 0 Å². The van der Waals surface area contributed by atoms with Crippen LogP contribution in [0.3, 0.4) is 0 Å². The molecule has 0 amide bonds. The second kappa shape index (κ2) is 9.38. The Morgan fingerprint density at radius 1 is 1.19 bits per heavy atom. The van der Waals surface area contributed by atoms with Crippen molar-refractivity contribution in [2.24, 2.45) is 12.0 Å².